The van der Waals surface area contributed by atoms with Crippen molar-refractivity contribution in [2.45, 2.75) is 39.3 Å². The molecule has 2 N–H and O–H groups in total. The number of rotatable bonds is 3. The Balaban J connectivity index is 2.20. The lowest BCUT2D eigenvalue weighted by Crippen LogP contribution is -2.51. The monoisotopic (exact) mass is 291 g/mol. The number of aliphatic carboxylic acids is 1. The number of carboxylic acids is 1. The van der Waals surface area contributed by atoms with Gasteiger partial charge in [-0.1, -0.05) is 45.0 Å². The lowest BCUT2D eigenvalue weighted by Gasteiger charge is -2.31. The van der Waals surface area contributed by atoms with E-state index in [1.54, 1.807) is 20.8 Å². The standard InChI is InChI=1S/C16H21NO4/c1-16(2,3)13(15(19)20)17-14(18)12-11-7-5-4-6-10(11)8-9-21-12/h4-7,12-13H,8-9H2,1-3H3,(H,17,18)(H,19,20)/t12?,13-/m1/s1. The SMILES string of the molecule is CC(C)(C)[C@H](NC(=O)C1OCCc2ccccc21)C(=O)O. The summed E-state index contributed by atoms with van der Waals surface area (Å²) in [6.07, 6.45) is 0.0286. The fraction of sp³-hybridized carbons (Fsp3) is 0.500. The van der Waals surface area contributed by atoms with Crippen molar-refractivity contribution in [3.05, 3.63) is 35.4 Å². The van der Waals surface area contributed by atoms with E-state index in [0.717, 1.165) is 17.5 Å². The molecule has 2 atom stereocenters. The smallest absolute Gasteiger partial charge is 0.326 e. The molecule has 0 spiro atoms. The summed E-state index contributed by atoms with van der Waals surface area (Å²) in [7, 11) is 0. The van der Waals surface area contributed by atoms with E-state index >= 15 is 0 Å². The summed E-state index contributed by atoms with van der Waals surface area (Å²) in [5.41, 5.74) is 1.32. The van der Waals surface area contributed by atoms with Gasteiger partial charge in [0.1, 0.15) is 6.04 Å². The largest absolute Gasteiger partial charge is 0.480 e. The molecule has 0 radical (unpaired) electrons. The maximum Gasteiger partial charge on any atom is 0.326 e. The first-order valence-electron chi connectivity index (χ1n) is 7.03. The first kappa shape index (κ1) is 15.5. The quantitative estimate of drug-likeness (QED) is 0.892. The molecule has 1 amide bonds. The van der Waals surface area contributed by atoms with Gasteiger partial charge >= 0.3 is 5.97 Å². The molecule has 0 aromatic heterocycles. The Morgan fingerprint density at radius 3 is 2.62 bits per heavy atom. The number of hydrogen-bond donors (Lipinski definition) is 2. The highest BCUT2D eigenvalue weighted by Crippen LogP contribution is 2.28. The fourth-order valence-corrected chi connectivity index (χ4v) is 2.48. The van der Waals surface area contributed by atoms with Gasteiger partial charge in [-0.3, -0.25) is 4.79 Å². The third kappa shape index (κ3) is 3.42. The highest BCUT2D eigenvalue weighted by molar-refractivity contribution is 5.88. The van der Waals surface area contributed by atoms with Crippen LogP contribution in [0.2, 0.25) is 0 Å². The van der Waals surface area contributed by atoms with Gasteiger partial charge in [0.2, 0.25) is 0 Å². The molecule has 1 aromatic carbocycles. The summed E-state index contributed by atoms with van der Waals surface area (Å²) in [5, 5.41) is 11.9. The van der Waals surface area contributed by atoms with Crippen LogP contribution in [-0.2, 0) is 20.7 Å². The summed E-state index contributed by atoms with van der Waals surface area (Å²) in [4.78, 5) is 23.8. The van der Waals surface area contributed by atoms with E-state index in [1.807, 2.05) is 24.3 Å². The second-order valence-electron chi connectivity index (χ2n) is 6.35. The van der Waals surface area contributed by atoms with E-state index in [2.05, 4.69) is 5.32 Å². The zero-order valence-corrected chi connectivity index (χ0v) is 12.6. The van der Waals surface area contributed by atoms with Crippen molar-refractivity contribution in [1.29, 1.82) is 0 Å². The number of benzene rings is 1. The number of carbonyl (C=O) groups excluding carboxylic acids is 1. The van der Waals surface area contributed by atoms with Gasteiger partial charge in [-0.05, 0) is 23.0 Å². The van der Waals surface area contributed by atoms with Crippen LogP contribution in [0.25, 0.3) is 0 Å². The van der Waals surface area contributed by atoms with Gasteiger partial charge in [0.25, 0.3) is 5.91 Å². The minimum absolute atomic E-state index is 0.399. The Morgan fingerprint density at radius 1 is 1.33 bits per heavy atom. The van der Waals surface area contributed by atoms with Crippen molar-refractivity contribution in [3.63, 3.8) is 0 Å². The average Bonchev–Trinajstić information content (AvgIpc) is 2.42. The summed E-state index contributed by atoms with van der Waals surface area (Å²) in [5.74, 6) is -1.44. The Hall–Kier alpha value is -1.88. The van der Waals surface area contributed by atoms with Crippen LogP contribution in [0.5, 0.6) is 0 Å². The lowest BCUT2D eigenvalue weighted by atomic mass is 9.86. The van der Waals surface area contributed by atoms with Gasteiger partial charge < -0.3 is 15.2 Å². The summed E-state index contributed by atoms with van der Waals surface area (Å²) < 4.78 is 5.55. The molecule has 0 aliphatic carbocycles. The highest BCUT2D eigenvalue weighted by Gasteiger charge is 2.36. The molecule has 21 heavy (non-hydrogen) atoms. The van der Waals surface area contributed by atoms with Crippen LogP contribution in [-0.4, -0.2) is 29.6 Å². The van der Waals surface area contributed by atoms with E-state index < -0.39 is 29.4 Å². The van der Waals surface area contributed by atoms with Gasteiger partial charge in [0.05, 0.1) is 6.61 Å². The number of amides is 1. The predicted octanol–water partition coefficient (Wildman–Crippen LogP) is 1.92. The third-order valence-electron chi connectivity index (χ3n) is 3.63. The molecular formula is C16H21NO4. The van der Waals surface area contributed by atoms with Crippen molar-refractivity contribution in [2.75, 3.05) is 6.61 Å². The topological polar surface area (TPSA) is 75.6 Å². The third-order valence-corrected chi connectivity index (χ3v) is 3.63. The summed E-state index contributed by atoms with van der Waals surface area (Å²) in [6.45, 7) is 5.80. The van der Waals surface area contributed by atoms with Crippen LogP contribution in [0.4, 0.5) is 0 Å². The molecule has 1 aliphatic rings. The number of carbonyl (C=O) groups is 2. The molecule has 1 heterocycles. The highest BCUT2D eigenvalue weighted by atomic mass is 16.5. The Kier molecular flexibility index (Phi) is 4.32. The van der Waals surface area contributed by atoms with Crippen LogP contribution in [0.1, 0.15) is 38.0 Å². The maximum atomic E-state index is 12.4. The molecule has 114 valence electrons. The molecule has 0 fully saturated rings. The van der Waals surface area contributed by atoms with Gasteiger partial charge in [-0.25, -0.2) is 4.79 Å². The van der Waals surface area contributed by atoms with E-state index in [1.165, 1.54) is 0 Å². The van der Waals surface area contributed by atoms with Gasteiger partial charge in [0.15, 0.2) is 6.10 Å². The lowest BCUT2D eigenvalue weighted by molar-refractivity contribution is -0.148. The Bertz CT molecular complexity index is 547. The molecule has 2 rings (SSSR count). The minimum atomic E-state index is -1.04. The summed E-state index contributed by atoms with van der Waals surface area (Å²) in [6, 6.07) is 6.64. The zero-order valence-electron chi connectivity index (χ0n) is 12.6. The van der Waals surface area contributed by atoms with Crippen molar-refractivity contribution >= 4 is 11.9 Å². The molecule has 1 unspecified atom stereocenters. The second kappa shape index (κ2) is 5.85. The molecule has 0 saturated carbocycles. The van der Waals surface area contributed by atoms with Gasteiger partial charge in [-0.2, -0.15) is 0 Å². The Labute approximate surface area is 124 Å². The number of carboxylic acid groups (broad SMARTS) is 1. The first-order chi connectivity index (χ1) is 9.80. The second-order valence-corrected chi connectivity index (χ2v) is 6.35. The summed E-state index contributed by atoms with van der Waals surface area (Å²) >= 11 is 0. The first-order valence-corrected chi connectivity index (χ1v) is 7.03. The van der Waals surface area contributed by atoms with E-state index in [-0.39, 0.29) is 0 Å². The molecule has 1 aromatic rings. The Morgan fingerprint density at radius 2 is 2.00 bits per heavy atom. The predicted molar refractivity (Wildman–Crippen MR) is 77.9 cm³/mol. The van der Waals surface area contributed by atoms with Crippen molar-refractivity contribution in [1.82, 2.24) is 5.32 Å². The normalized spacial score (nSPS) is 19.5. The zero-order chi connectivity index (χ0) is 15.6. The number of hydrogen-bond acceptors (Lipinski definition) is 3. The molecule has 5 nitrogen and oxygen atoms in total. The van der Waals surface area contributed by atoms with Crippen LogP contribution in [0.3, 0.4) is 0 Å². The molecule has 1 aliphatic heterocycles. The average molecular weight is 291 g/mol. The molecule has 0 saturated heterocycles. The van der Waals surface area contributed by atoms with Crippen LogP contribution >= 0.6 is 0 Å². The van der Waals surface area contributed by atoms with Crippen molar-refractivity contribution in [2.24, 2.45) is 5.41 Å². The van der Waals surface area contributed by atoms with Gasteiger partial charge in [0, 0.05) is 0 Å². The van der Waals surface area contributed by atoms with Crippen LogP contribution in [0.15, 0.2) is 24.3 Å². The van der Waals surface area contributed by atoms with Crippen molar-refractivity contribution < 1.29 is 19.4 Å². The number of fused-ring (bicyclic) bond motifs is 1. The van der Waals surface area contributed by atoms with Crippen LogP contribution < -0.4 is 5.32 Å². The number of ether oxygens (including phenoxy) is 1. The minimum Gasteiger partial charge on any atom is -0.480 e. The van der Waals surface area contributed by atoms with E-state index in [4.69, 9.17) is 4.74 Å². The maximum absolute atomic E-state index is 12.4. The van der Waals surface area contributed by atoms with Gasteiger partial charge in [-0.15, -0.1) is 0 Å². The molecule has 0 bridgehead atoms. The molecule has 5 heteroatoms. The molecular weight excluding hydrogens is 270 g/mol. The fourth-order valence-electron chi connectivity index (χ4n) is 2.48. The van der Waals surface area contributed by atoms with E-state index in [9.17, 15) is 14.7 Å². The van der Waals surface area contributed by atoms with Crippen LogP contribution in [0, 0.1) is 5.41 Å². The van der Waals surface area contributed by atoms with E-state index in [0.29, 0.717) is 6.61 Å². The number of nitrogens with one attached hydrogen (secondary N) is 1. The van der Waals surface area contributed by atoms with Crippen molar-refractivity contribution in [3.8, 4) is 0 Å².